The van der Waals surface area contributed by atoms with E-state index in [0.717, 1.165) is 13.0 Å². The molecule has 1 heterocycles. The number of hydrogen-bond acceptors (Lipinski definition) is 1. The van der Waals surface area contributed by atoms with Crippen LogP contribution in [0.1, 0.15) is 28.3 Å². The second kappa shape index (κ2) is 4.58. The predicted octanol–water partition coefficient (Wildman–Crippen LogP) is 3.57. The Morgan fingerprint density at radius 2 is 1.83 bits per heavy atom. The van der Waals surface area contributed by atoms with E-state index in [1.165, 1.54) is 22.3 Å². The number of likely N-dealkylation sites (N-methyl/N-ethyl adjacent to an activating group) is 1. The number of nitrogens with zero attached hydrogens (tertiary/aromatic N) is 1. The van der Waals surface area contributed by atoms with E-state index in [1.54, 1.807) is 0 Å². The van der Waals surface area contributed by atoms with Gasteiger partial charge >= 0.3 is 0 Å². The molecule has 1 aliphatic rings. The maximum Gasteiger partial charge on any atom is 0.0602 e. The Bertz CT molecular complexity index is 545. The van der Waals surface area contributed by atoms with Crippen LogP contribution in [0.15, 0.2) is 48.5 Å². The fourth-order valence-electron chi connectivity index (χ4n) is 2.93. The molecule has 0 bridgehead atoms. The van der Waals surface area contributed by atoms with Crippen molar-refractivity contribution in [3.8, 4) is 0 Å². The zero-order chi connectivity index (χ0) is 12.5. The Morgan fingerprint density at radius 1 is 1.06 bits per heavy atom. The van der Waals surface area contributed by atoms with Crippen molar-refractivity contribution in [3.05, 3.63) is 70.8 Å². The van der Waals surface area contributed by atoms with Crippen LogP contribution < -0.4 is 0 Å². The Balaban J connectivity index is 2.12. The van der Waals surface area contributed by atoms with Gasteiger partial charge in [0.25, 0.3) is 0 Å². The Labute approximate surface area is 109 Å². The lowest BCUT2D eigenvalue weighted by atomic mass is 9.87. The van der Waals surface area contributed by atoms with Gasteiger partial charge in [-0.2, -0.15) is 0 Å². The van der Waals surface area contributed by atoms with Gasteiger partial charge in [0.1, 0.15) is 0 Å². The average Bonchev–Trinajstić information content (AvgIpc) is 2.39. The minimum atomic E-state index is 0.412. The Kier molecular flexibility index (Phi) is 2.92. The summed E-state index contributed by atoms with van der Waals surface area (Å²) in [5.74, 6) is 0. The maximum atomic E-state index is 2.46. The van der Waals surface area contributed by atoms with E-state index >= 15 is 0 Å². The summed E-state index contributed by atoms with van der Waals surface area (Å²) in [6.07, 6.45) is 1.16. The molecule has 18 heavy (non-hydrogen) atoms. The molecule has 0 radical (unpaired) electrons. The zero-order valence-electron chi connectivity index (χ0n) is 11.1. The van der Waals surface area contributed by atoms with Gasteiger partial charge in [-0.05, 0) is 37.1 Å². The highest BCUT2D eigenvalue weighted by atomic mass is 15.1. The third kappa shape index (κ3) is 1.95. The molecule has 3 rings (SSSR count). The van der Waals surface area contributed by atoms with Gasteiger partial charge in [0, 0.05) is 6.54 Å². The molecule has 1 atom stereocenters. The minimum Gasteiger partial charge on any atom is -0.295 e. The van der Waals surface area contributed by atoms with E-state index in [2.05, 4.69) is 67.4 Å². The third-order valence-electron chi connectivity index (χ3n) is 3.89. The van der Waals surface area contributed by atoms with Gasteiger partial charge in [0.2, 0.25) is 0 Å². The molecule has 0 fully saturated rings. The van der Waals surface area contributed by atoms with Crippen LogP contribution in [0.5, 0.6) is 0 Å². The van der Waals surface area contributed by atoms with Crippen LogP contribution in [0.3, 0.4) is 0 Å². The Hall–Kier alpha value is -1.60. The molecule has 1 heteroatoms. The van der Waals surface area contributed by atoms with E-state index in [1.807, 2.05) is 0 Å². The van der Waals surface area contributed by atoms with Gasteiger partial charge in [0.05, 0.1) is 6.04 Å². The fourth-order valence-corrected chi connectivity index (χ4v) is 2.93. The topological polar surface area (TPSA) is 3.24 Å². The highest BCUT2D eigenvalue weighted by Gasteiger charge is 2.25. The van der Waals surface area contributed by atoms with Crippen molar-refractivity contribution in [1.29, 1.82) is 0 Å². The second-order valence-corrected chi connectivity index (χ2v) is 5.25. The van der Waals surface area contributed by atoms with Crippen LogP contribution in [0.2, 0.25) is 0 Å². The van der Waals surface area contributed by atoms with Gasteiger partial charge < -0.3 is 0 Å². The largest absolute Gasteiger partial charge is 0.295 e. The van der Waals surface area contributed by atoms with E-state index in [4.69, 9.17) is 0 Å². The summed E-state index contributed by atoms with van der Waals surface area (Å²) in [4.78, 5) is 2.46. The van der Waals surface area contributed by atoms with E-state index in [0.29, 0.717) is 6.04 Å². The minimum absolute atomic E-state index is 0.412. The van der Waals surface area contributed by atoms with Crippen molar-refractivity contribution in [2.45, 2.75) is 19.4 Å². The van der Waals surface area contributed by atoms with Crippen LogP contribution in [-0.2, 0) is 6.42 Å². The highest BCUT2D eigenvalue weighted by Crippen LogP contribution is 2.34. The fraction of sp³-hybridized carbons (Fsp3) is 0.294. The van der Waals surface area contributed by atoms with Crippen LogP contribution in [0.4, 0.5) is 0 Å². The van der Waals surface area contributed by atoms with Crippen LogP contribution in [0, 0.1) is 6.92 Å². The molecule has 92 valence electrons. The molecule has 0 aromatic heterocycles. The van der Waals surface area contributed by atoms with Crippen LogP contribution in [0.25, 0.3) is 0 Å². The average molecular weight is 237 g/mol. The smallest absolute Gasteiger partial charge is 0.0602 e. The first kappa shape index (κ1) is 11.5. The maximum absolute atomic E-state index is 2.46. The molecule has 0 N–H and O–H groups in total. The van der Waals surface area contributed by atoms with Gasteiger partial charge in [0.15, 0.2) is 0 Å². The molecule has 1 aliphatic heterocycles. The lowest BCUT2D eigenvalue weighted by Crippen LogP contribution is -2.32. The molecule has 2 aromatic carbocycles. The molecule has 0 saturated heterocycles. The van der Waals surface area contributed by atoms with Crippen LogP contribution in [-0.4, -0.2) is 18.5 Å². The molecule has 1 nitrogen and oxygen atoms in total. The normalized spacial score (nSPS) is 19.6. The van der Waals surface area contributed by atoms with Crippen molar-refractivity contribution in [1.82, 2.24) is 4.90 Å². The van der Waals surface area contributed by atoms with E-state index < -0.39 is 0 Å². The van der Waals surface area contributed by atoms with Gasteiger partial charge in [-0.15, -0.1) is 0 Å². The summed E-state index contributed by atoms with van der Waals surface area (Å²) < 4.78 is 0. The number of rotatable bonds is 1. The van der Waals surface area contributed by atoms with Crippen molar-refractivity contribution >= 4 is 0 Å². The lowest BCUT2D eigenvalue weighted by Gasteiger charge is -2.35. The summed E-state index contributed by atoms with van der Waals surface area (Å²) in [6, 6.07) is 18.1. The summed E-state index contributed by atoms with van der Waals surface area (Å²) in [7, 11) is 2.23. The molecular formula is C17H19N. The summed E-state index contributed by atoms with van der Waals surface area (Å²) in [6.45, 7) is 3.31. The monoisotopic (exact) mass is 237 g/mol. The number of benzene rings is 2. The highest BCUT2D eigenvalue weighted by molar-refractivity contribution is 5.41. The van der Waals surface area contributed by atoms with Crippen molar-refractivity contribution in [2.24, 2.45) is 0 Å². The number of fused-ring (bicyclic) bond motifs is 1. The van der Waals surface area contributed by atoms with Gasteiger partial charge in [-0.25, -0.2) is 0 Å². The lowest BCUT2D eigenvalue weighted by molar-refractivity contribution is 0.264. The zero-order valence-corrected chi connectivity index (χ0v) is 11.1. The first-order chi connectivity index (χ1) is 8.75. The number of aryl methyl sites for hydroxylation is 1. The van der Waals surface area contributed by atoms with E-state index in [-0.39, 0.29) is 0 Å². The predicted molar refractivity (Wildman–Crippen MR) is 75.8 cm³/mol. The molecule has 0 spiro atoms. The molecule has 0 amide bonds. The van der Waals surface area contributed by atoms with Gasteiger partial charge in [-0.1, -0.05) is 54.1 Å². The standard InChI is InChI=1S/C17H19N/c1-13-8-9-14-10-11-18(2)17(16(14)12-13)15-6-4-3-5-7-15/h3-9,12,17H,10-11H2,1-2H3. The first-order valence-corrected chi connectivity index (χ1v) is 6.60. The molecule has 0 saturated carbocycles. The van der Waals surface area contributed by atoms with Crippen molar-refractivity contribution in [3.63, 3.8) is 0 Å². The summed E-state index contributed by atoms with van der Waals surface area (Å²) >= 11 is 0. The molecule has 1 unspecified atom stereocenters. The first-order valence-electron chi connectivity index (χ1n) is 6.60. The van der Waals surface area contributed by atoms with Crippen molar-refractivity contribution in [2.75, 3.05) is 13.6 Å². The molecule has 2 aromatic rings. The quantitative estimate of drug-likeness (QED) is 0.733. The van der Waals surface area contributed by atoms with Crippen LogP contribution >= 0.6 is 0 Å². The summed E-state index contributed by atoms with van der Waals surface area (Å²) in [5.41, 5.74) is 5.74. The summed E-state index contributed by atoms with van der Waals surface area (Å²) in [5, 5.41) is 0. The molecular weight excluding hydrogens is 218 g/mol. The van der Waals surface area contributed by atoms with Gasteiger partial charge in [-0.3, -0.25) is 4.90 Å². The number of hydrogen-bond donors (Lipinski definition) is 0. The molecule has 0 aliphatic carbocycles. The SMILES string of the molecule is Cc1ccc2c(c1)C(c1ccccc1)N(C)CC2. The Morgan fingerprint density at radius 3 is 2.61 bits per heavy atom. The van der Waals surface area contributed by atoms with E-state index in [9.17, 15) is 0 Å². The van der Waals surface area contributed by atoms with Crippen molar-refractivity contribution < 1.29 is 0 Å². The third-order valence-corrected chi connectivity index (χ3v) is 3.89. The second-order valence-electron chi connectivity index (χ2n) is 5.25.